The van der Waals surface area contributed by atoms with Crippen LogP contribution < -0.4 is 4.74 Å². The maximum absolute atomic E-state index is 14.0. The van der Waals surface area contributed by atoms with Crippen molar-refractivity contribution < 1.29 is 36.8 Å². The number of nitrogens with zero attached hydrogens (tertiary/aromatic N) is 5. The molecule has 0 radical (unpaired) electrons. The van der Waals surface area contributed by atoms with Gasteiger partial charge in [-0.2, -0.15) is 13.2 Å². The Bertz CT molecular complexity index is 1840. The first kappa shape index (κ1) is 32.1. The average Bonchev–Trinajstić information content (AvgIpc) is 3.42. The maximum Gasteiger partial charge on any atom is 0.452 e. The van der Waals surface area contributed by atoms with Gasteiger partial charge >= 0.3 is 12.1 Å². The van der Waals surface area contributed by atoms with Gasteiger partial charge in [-0.3, -0.25) is 9.20 Å². The molecule has 2 unspecified atom stereocenters. The number of ether oxygens (including phenoxy) is 2. The number of aromatic nitrogens is 4. The monoisotopic (exact) mass is 657 g/mol. The van der Waals surface area contributed by atoms with E-state index in [1.165, 1.54) is 12.3 Å². The van der Waals surface area contributed by atoms with Crippen LogP contribution in [-0.2, 0) is 33.2 Å². The van der Waals surface area contributed by atoms with Crippen molar-refractivity contribution in [2.75, 3.05) is 19.8 Å². The van der Waals surface area contributed by atoms with Crippen molar-refractivity contribution >= 4 is 22.6 Å². The molecule has 0 aliphatic carbocycles. The summed E-state index contributed by atoms with van der Waals surface area (Å²) < 4.78 is 69.6. The Labute approximate surface area is 266 Å². The Balaban J connectivity index is 1.43. The zero-order valence-corrected chi connectivity index (χ0v) is 26.6. The number of hydrogen-bond acceptors (Lipinski definition) is 7. The minimum Gasteiger partial charge on any atom is -0.481 e. The molecule has 0 amide bonds. The van der Waals surface area contributed by atoms with Crippen LogP contribution in [-0.4, -0.2) is 64.5 Å². The highest BCUT2D eigenvalue weighted by molar-refractivity contribution is 7.82. The van der Waals surface area contributed by atoms with Gasteiger partial charge in [0.1, 0.15) is 21.5 Å². The number of aryl methyl sites for hydroxylation is 2. The number of carboxylic acids is 1. The van der Waals surface area contributed by atoms with Crippen molar-refractivity contribution in [2.45, 2.75) is 69.7 Å². The SMILES string of the molecule is Cc1ccc(C(c2ccn3c(C(F)(F)F)nnc3c2C)C(C)(C)C(=O)O)cc1CN1CC2(CCOCC2)Oc2ncccc2S1=O. The van der Waals surface area contributed by atoms with Gasteiger partial charge in [0.05, 0.1) is 25.2 Å². The lowest BCUT2D eigenvalue weighted by Crippen LogP contribution is -2.49. The summed E-state index contributed by atoms with van der Waals surface area (Å²) in [4.78, 5) is 17.6. The van der Waals surface area contributed by atoms with E-state index in [1.807, 2.05) is 29.4 Å². The Morgan fingerprint density at radius 1 is 1.13 bits per heavy atom. The Morgan fingerprint density at radius 2 is 1.87 bits per heavy atom. The van der Waals surface area contributed by atoms with Crippen molar-refractivity contribution in [3.63, 3.8) is 0 Å². The van der Waals surface area contributed by atoms with Gasteiger partial charge < -0.3 is 14.6 Å². The van der Waals surface area contributed by atoms with Crippen LogP contribution in [0.2, 0.25) is 0 Å². The molecule has 2 aliphatic rings. The van der Waals surface area contributed by atoms with Crippen molar-refractivity contribution in [2.24, 2.45) is 5.41 Å². The van der Waals surface area contributed by atoms with Crippen molar-refractivity contribution in [3.8, 4) is 5.88 Å². The summed E-state index contributed by atoms with van der Waals surface area (Å²) in [5, 5.41) is 17.6. The van der Waals surface area contributed by atoms with Gasteiger partial charge in [0.2, 0.25) is 11.7 Å². The molecule has 14 heteroatoms. The number of pyridine rings is 2. The third kappa shape index (κ3) is 5.66. The Morgan fingerprint density at radius 3 is 2.57 bits per heavy atom. The molecule has 244 valence electrons. The molecule has 10 nitrogen and oxygen atoms in total. The van der Waals surface area contributed by atoms with Crippen LogP contribution in [0.25, 0.3) is 5.65 Å². The number of aliphatic carboxylic acids is 1. The topological polar surface area (TPSA) is 119 Å². The predicted octanol–water partition coefficient (Wildman–Crippen LogP) is 5.47. The smallest absolute Gasteiger partial charge is 0.452 e. The number of alkyl halides is 3. The second kappa shape index (κ2) is 11.7. The summed E-state index contributed by atoms with van der Waals surface area (Å²) in [5.74, 6) is -2.66. The molecule has 0 bridgehead atoms. The summed E-state index contributed by atoms with van der Waals surface area (Å²) in [7, 11) is -1.61. The molecule has 1 N–H and O–H groups in total. The van der Waals surface area contributed by atoms with Crippen LogP contribution in [0, 0.1) is 19.3 Å². The van der Waals surface area contributed by atoms with Crippen LogP contribution in [0.1, 0.15) is 66.2 Å². The highest BCUT2D eigenvalue weighted by atomic mass is 32.2. The number of carbonyl (C=O) groups is 1. The molecule has 46 heavy (non-hydrogen) atoms. The van der Waals surface area contributed by atoms with Gasteiger partial charge in [-0.1, -0.05) is 18.2 Å². The van der Waals surface area contributed by atoms with Crippen LogP contribution in [0.3, 0.4) is 0 Å². The van der Waals surface area contributed by atoms with Crippen molar-refractivity contribution in [3.05, 3.63) is 82.4 Å². The highest BCUT2D eigenvalue weighted by Gasteiger charge is 2.44. The van der Waals surface area contributed by atoms with E-state index in [0.29, 0.717) is 60.1 Å². The summed E-state index contributed by atoms with van der Waals surface area (Å²) in [6, 6.07) is 10.6. The third-order valence-corrected chi connectivity index (χ3v) is 10.5. The largest absolute Gasteiger partial charge is 0.481 e. The molecule has 6 rings (SSSR count). The molecule has 4 aromatic rings. The molecule has 1 aromatic carbocycles. The van der Waals surface area contributed by atoms with Crippen molar-refractivity contribution in [1.29, 1.82) is 0 Å². The molecule has 2 atom stereocenters. The number of halogens is 3. The number of benzene rings is 1. The first-order valence-corrected chi connectivity index (χ1v) is 16.0. The summed E-state index contributed by atoms with van der Waals surface area (Å²) in [5.41, 5.74) is 1.27. The Hall–Kier alpha value is -3.88. The lowest BCUT2D eigenvalue weighted by molar-refractivity contribution is -0.147. The normalized spacial score (nSPS) is 19.4. The quantitative estimate of drug-likeness (QED) is 0.290. The Kier molecular flexibility index (Phi) is 8.18. The second-order valence-corrected chi connectivity index (χ2v) is 14.0. The molecule has 1 spiro atoms. The molecule has 1 fully saturated rings. The molecule has 5 heterocycles. The number of rotatable bonds is 6. The summed E-state index contributed by atoms with van der Waals surface area (Å²) >= 11 is 0. The number of carboxylic acid groups (broad SMARTS) is 1. The fourth-order valence-electron chi connectivity index (χ4n) is 6.40. The fraction of sp³-hybridized carbons (Fsp3) is 0.438. The molecular formula is C32H34F3N5O5S. The molecule has 2 aliphatic heterocycles. The van der Waals surface area contributed by atoms with Crippen molar-refractivity contribution in [1.82, 2.24) is 23.9 Å². The number of fused-ring (bicyclic) bond motifs is 2. The van der Waals surface area contributed by atoms with Crippen LogP contribution in [0.5, 0.6) is 5.88 Å². The van der Waals surface area contributed by atoms with Gasteiger partial charge in [0.15, 0.2) is 5.65 Å². The van der Waals surface area contributed by atoms with Gasteiger partial charge in [-0.05, 0) is 73.7 Å². The van der Waals surface area contributed by atoms with Gasteiger partial charge in [0.25, 0.3) is 0 Å². The standard InChI is InChI=1S/C32H34F3N5O5S/c1-19-7-8-21(25(30(3,4)29(41)42)23-9-13-40-26(20(23)2)37-38-28(40)32(33,34)35)16-22(19)17-39-18-31(10-14-44-15-11-31)45-27-24(46(39)43)6-5-12-36-27/h5-9,12-13,16,25H,10-11,14-15,17-18H2,1-4H3,(H,41,42). The lowest BCUT2D eigenvalue weighted by Gasteiger charge is -2.38. The molecule has 3 aromatic heterocycles. The van der Waals surface area contributed by atoms with E-state index in [9.17, 15) is 27.3 Å². The minimum atomic E-state index is -4.71. The first-order valence-electron chi connectivity index (χ1n) is 14.8. The zero-order chi connectivity index (χ0) is 33.0. The van der Waals surface area contributed by atoms with Gasteiger partial charge in [-0.25, -0.2) is 13.5 Å². The van der Waals surface area contributed by atoms with E-state index in [1.54, 1.807) is 39.1 Å². The number of hydrogen-bond donors (Lipinski definition) is 1. The van der Waals surface area contributed by atoms with E-state index in [0.717, 1.165) is 15.5 Å². The molecule has 1 saturated heterocycles. The highest BCUT2D eigenvalue weighted by Crippen LogP contribution is 2.44. The molecule has 0 saturated carbocycles. The minimum absolute atomic E-state index is 0.00246. The first-order chi connectivity index (χ1) is 21.7. The fourth-order valence-corrected chi connectivity index (χ4v) is 7.73. The van der Waals surface area contributed by atoms with E-state index in [-0.39, 0.29) is 12.2 Å². The zero-order valence-electron chi connectivity index (χ0n) is 25.8. The van der Waals surface area contributed by atoms with Gasteiger partial charge in [0, 0.05) is 37.7 Å². The predicted molar refractivity (Wildman–Crippen MR) is 162 cm³/mol. The third-order valence-electron chi connectivity index (χ3n) is 9.10. The van der Waals surface area contributed by atoms with E-state index in [2.05, 4.69) is 15.2 Å². The maximum atomic E-state index is 14.0. The summed E-state index contributed by atoms with van der Waals surface area (Å²) in [6.07, 6.45) is -0.660. The van der Waals surface area contributed by atoms with E-state index in [4.69, 9.17) is 9.47 Å². The molecular weight excluding hydrogens is 623 g/mol. The lowest BCUT2D eigenvalue weighted by atomic mass is 9.70. The van der Waals surface area contributed by atoms with E-state index >= 15 is 0 Å². The van der Waals surface area contributed by atoms with Gasteiger partial charge in [-0.15, -0.1) is 10.2 Å². The van der Waals surface area contributed by atoms with Crippen LogP contribution in [0.15, 0.2) is 53.7 Å². The van der Waals surface area contributed by atoms with E-state index < -0.39 is 45.9 Å². The second-order valence-electron chi connectivity index (χ2n) is 12.5. The average molecular weight is 658 g/mol. The summed E-state index contributed by atoms with van der Waals surface area (Å²) in [6.45, 7) is 8.37. The van der Waals surface area contributed by atoms with Crippen LogP contribution >= 0.6 is 0 Å². The van der Waals surface area contributed by atoms with Crippen LogP contribution in [0.4, 0.5) is 13.2 Å².